The van der Waals surface area contributed by atoms with E-state index >= 15 is 0 Å². The van der Waals surface area contributed by atoms with Crippen molar-refractivity contribution in [3.8, 4) is 5.75 Å². The summed E-state index contributed by atoms with van der Waals surface area (Å²) in [6, 6.07) is 4.21. The Bertz CT molecular complexity index is 796. The first kappa shape index (κ1) is 21.0. The van der Waals surface area contributed by atoms with Crippen LogP contribution >= 0.6 is 0 Å². The molecule has 1 saturated heterocycles. The van der Waals surface area contributed by atoms with Crippen LogP contribution in [0, 0.1) is 5.92 Å². The zero-order valence-corrected chi connectivity index (χ0v) is 16.7. The van der Waals surface area contributed by atoms with Crippen molar-refractivity contribution in [3.63, 3.8) is 0 Å². The largest absolute Gasteiger partial charge is 0.508 e. The van der Waals surface area contributed by atoms with Crippen molar-refractivity contribution in [1.82, 2.24) is 4.90 Å². The van der Waals surface area contributed by atoms with Crippen LogP contribution in [0.3, 0.4) is 0 Å². The maximum Gasteiger partial charge on any atom is 0.410 e. The van der Waals surface area contributed by atoms with Crippen LogP contribution in [-0.4, -0.2) is 61.5 Å². The highest BCUT2D eigenvalue weighted by molar-refractivity contribution is 7.91. The molecule has 1 amide bonds. The number of rotatable bonds is 4. The van der Waals surface area contributed by atoms with Gasteiger partial charge in [0.25, 0.3) is 0 Å². The summed E-state index contributed by atoms with van der Waals surface area (Å²) in [6.07, 6.45) is -0.374. The number of ether oxygens (including phenoxy) is 2. The van der Waals surface area contributed by atoms with Gasteiger partial charge < -0.3 is 19.5 Å². The highest BCUT2D eigenvalue weighted by Gasteiger charge is 2.45. The topological polar surface area (TPSA) is 110 Å². The molecule has 27 heavy (non-hydrogen) atoms. The molecule has 1 heterocycles. The number of methoxy groups -OCH3 is 1. The monoisotopic (exact) mass is 399 g/mol. The van der Waals surface area contributed by atoms with E-state index in [4.69, 9.17) is 9.47 Å². The minimum Gasteiger partial charge on any atom is -0.508 e. The fraction of sp³-hybridized carbons (Fsp3) is 0.556. The van der Waals surface area contributed by atoms with Gasteiger partial charge in [-0.3, -0.25) is 4.79 Å². The number of phenols is 1. The standard InChI is InChI=1S/C18H25NO7S/c1-18(2,3)26-17(22)19-10-9-14(16(21)25-4)15(19)11-27(23,24)13-7-5-12(20)6-8-13/h5-8,14-15,20H,9-11H2,1-4H3/t14-,15?/m0/s1. The first-order valence-corrected chi connectivity index (χ1v) is 10.2. The molecule has 1 unspecified atom stereocenters. The normalized spacial score (nSPS) is 20.4. The van der Waals surface area contributed by atoms with Crippen molar-refractivity contribution in [1.29, 1.82) is 0 Å². The lowest BCUT2D eigenvalue weighted by Gasteiger charge is -2.30. The summed E-state index contributed by atoms with van der Waals surface area (Å²) < 4.78 is 35.7. The molecule has 0 aliphatic carbocycles. The van der Waals surface area contributed by atoms with Crippen molar-refractivity contribution in [2.75, 3.05) is 19.4 Å². The van der Waals surface area contributed by atoms with Crippen molar-refractivity contribution in [2.24, 2.45) is 5.92 Å². The number of likely N-dealkylation sites (tertiary alicyclic amines) is 1. The second-order valence-corrected chi connectivity index (χ2v) is 9.47. The molecule has 0 spiro atoms. The van der Waals surface area contributed by atoms with Crippen LogP contribution in [0.5, 0.6) is 5.75 Å². The zero-order chi connectivity index (χ0) is 20.4. The Morgan fingerprint density at radius 3 is 2.33 bits per heavy atom. The Kier molecular flexibility index (Phi) is 6.04. The average molecular weight is 399 g/mol. The molecule has 0 bridgehead atoms. The van der Waals surface area contributed by atoms with E-state index in [2.05, 4.69) is 0 Å². The van der Waals surface area contributed by atoms with Crippen molar-refractivity contribution in [3.05, 3.63) is 24.3 Å². The fourth-order valence-corrected chi connectivity index (χ4v) is 4.61. The third-order valence-corrected chi connectivity index (χ3v) is 6.03. The Morgan fingerprint density at radius 2 is 1.81 bits per heavy atom. The number of esters is 1. The lowest BCUT2D eigenvalue weighted by atomic mass is 10.0. The van der Waals surface area contributed by atoms with Gasteiger partial charge in [0, 0.05) is 6.54 Å². The number of carbonyl (C=O) groups is 2. The van der Waals surface area contributed by atoms with Gasteiger partial charge in [0.05, 0.1) is 29.7 Å². The van der Waals surface area contributed by atoms with Gasteiger partial charge in [0.1, 0.15) is 11.4 Å². The summed E-state index contributed by atoms with van der Waals surface area (Å²) >= 11 is 0. The molecule has 1 aromatic rings. The molecule has 0 aromatic heterocycles. The third-order valence-electron chi connectivity index (χ3n) is 4.26. The van der Waals surface area contributed by atoms with Crippen LogP contribution in [0.4, 0.5) is 4.79 Å². The number of carbonyl (C=O) groups excluding carboxylic acids is 2. The summed E-state index contributed by atoms with van der Waals surface area (Å²) in [7, 11) is -2.59. The van der Waals surface area contributed by atoms with E-state index in [1.54, 1.807) is 20.8 Å². The number of benzene rings is 1. The maximum atomic E-state index is 12.8. The molecule has 1 aromatic carbocycles. The molecule has 2 rings (SSSR count). The molecule has 2 atom stereocenters. The van der Waals surface area contributed by atoms with E-state index in [1.165, 1.54) is 36.3 Å². The molecule has 150 valence electrons. The van der Waals surface area contributed by atoms with Crippen LogP contribution in [0.15, 0.2) is 29.2 Å². The third kappa shape index (κ3) is 5.12. The van der Waals surface area contributed by atoms with Crippen molar-refractivity contribution >= 4 is 21.9 Å². The Balaban J connectivity index is 2.31. The predicted molar refractivity (Wildman–Crippen MR) is 97.0 cm³/mol. The van der Waals surface area contributed by atoms with E-state index in [0.29, 0.717) is 6.42 Å². The maximum absolute atomic E-state index is 12.8. The zero-order valence-electron chi connectivity index (χ0n) is 15.8. The molecule has 8 nitrogen and oxygen atoms in total. The van der Waals surface area contributed by atoms with Crippen molar-refractivity contribution < 1.29 is 32.6 Å². The summed E-state index contributed by atoms with van der Waals surface area (Å²) in [5.74, 6) is -1.82. The van der Waals surface area contributed by atoms with Gasteiger partial charge in [-0.2, -0.15) is 0 Å². The Morgan fingerprint density at radius 1 is 1.22 bits per heavy atom. The quantitative estimate of drug-likeness (QED) is 0.771. The highest BCUT2D eigenvalue weighted by atomic mass is 32.2. The van der Waals surface area contributed by atoms with Gasteiger partial charge in [-0.05, 0) is 51.5 Å². The lowest BCUT2D eigenvalue weighted by molar-refractivity contribution is -0.145. The number of amides is 1. The first-order valence-electron chi connectivity index (χ1n) is 8.54. The van der Waals surface area contributed by atoms with Crippen LogP contribution in [0.25, 0.3) is 0 Å². The second-order valence-electron chi connectivity index (χ2n) is 7.43. The fourth-order valence-electron chi connectivity index (χ4n) is 3.01. The average Bonchev–Trinajstić information content (AvgIpc) is 2.96. The molecule has 0 radical (unpaired) electrons. The van der Waals surface area contributed by atoms with Gasteiger partial charge in [-0.1, -0.05) is 0 Å². The minimum atomic E-state index is -3.81. The van der Waals surface area contributed by atoms with E-state index < -0.39 is 45.2 Å². The molecular formula is C18H25NO7S. The smallest absolute Gasteiger partial charge is 0.410 e. The predicted octanol–water partition coefficient (Wildman–Crippen LogP) is 1.96. The number of nitrogens with zero attached hydrogens (tertiary/aromatic N) is 1. The molecule has 1 fully saturated rings. The summed E-state index contributed by atoms with van der Waals surface area (Å²) in [5, 5.41) is 9.35. The van der Waals surface area contributed by atoms with Gasteiger partial charge >= 0.3 is 12.1 Å². The lowest BCUT2D eigenvalue weighted by Crippen LogP contribution is -2.46. The van der Waals surface area contributed by atoms with Gasteiger partial charge in [-0.25, -0.2) is 13.2 Å². The summed E-state index contributed by atoms with van der Waals surface area (Å²) in [4.78, 5) is 25.9. The SMILES string of the molecule is COC(=O)[C@H]1CCN(C(=O)OC(C)(C)C)C1CS(=O)(=O)c1ccc(O)cc1. The first-order chi connectivity index (χ1) is 12.4. The molecule has 1 aliphatic heterocycles. The van der Waals surface area contributed by atoms with E-state index in [9.17, 15) is 23.1 Å². The number of hydrogen-bond donors (Lipinski definition) is 1. The van der Waals surface area contributed by atoms with E-state index in [-0.39, 0.29) is 17.2 Å². The number of phenolic OH excluding ortho intramolecular Hbond substituents is 1. The summed E-state index contributed by atoms with van der Waals surface area (Å²) in [5.41, 5.74) is -0.749. The molecule has 1 aliphatic rings. The van der Waals surface area contributed by atoms with E-state index in [1.807, 2.05) is 0 Å². The molecule has 1 N–H and O–H groups in total. The second kappa shape index (κ2) is 7.75. The number of aromatic hydroxyl groups is 1. The van der Waals surface area contributed by atoms with Gasteiger partial charge in [0.2, 0.25) is 0 Å². The minimum absolute atomic E-state index is 0.0000421. The van der Waals surface area contributed by atoms with Crippen LogP contribution < -0.4 is 0 Å². The van der Waals surface area contributed by atoms with Crippen LogP contribution in [-0.2, 0) is 24.1 Å². The van der Waals surface area contributed by atoms with Gasteiger partial charge in [0.15, 0.2) is 9.84 Å². The number of sulfone groups is 1. The van der Waals surface area contributed by atoms with Crippen LogP contribution in [0.1, 0.15) is 27.2 Å². The number of hydrogen-bond acceptors (Lipinski definition) is 7. The summed E-state index contributed by atoms with van der Waals surface area (Å²) in [6.45, 7) is 5.33. The molecule has 9 heteroatoms. The molecular weight excluding hydrogens is 374 g/mol. The Labute approximate surface area is 159 Å². The molecule has 0 saturated carbocycles. The van der Waals surface area contributed by atoms with E-state index in [0.717, 1.165) is 0 Å². The van der Waals surface area contributed by atoms with Crippen molar-refractivity contribution in [2.45, 2.75) is 43.7 Å². The van der Waals surface area contributed by atoms with Gasteiger partial charge in [-0.15, -0.1) is 0 Å². The van der Waals surface area contributed by atoms with Crippen LogP contribution in [0.2, 0.25) is 0 Å². The Hall–Kier alpha value is -2.29. The highest BCUT2D eigenvalue weighted by Crippen LogP contribution is 2.30.